The molecule has 2 heterocycles. The van der Waals surface area contributed by atoms with Crippen LogP contribution < -0.4 is 10.3 Å². The molecule has 0 amide bonds. The quantitative estimate of drug-likeness (QED) is 0.749. The van der Waals surface area contributed by atoms with E-state index in [0.717, 1.165) is 12.7 Å². The maximum Gasteiger partial charge on any atom is 0.280 e. The van der Waals surface area contributed by atoms with Crippen LogP contribution in [0.15, 0.2) is 46.6 Å². The monoisotopic (exact) mass is 359 g/mol. The first-order valence-corrected chi connectivity index (χ1v) is 9.59. The van der Waals surface area contributed by atoms with E-state index in [0.29, 0.717) is 34.7 Å². The summed E-state index contributed by atoms with van der Waals surface area (Å²) in [5.74, 6) is 0.529. The van der Waals surface area contributed by atoms with Gasteiger partial charge in [-0.2, -0.15) is 0 Å². The molecule has 3 rings (SSSR count). The molecule has 1 aromatic rings. The standard InChI is InChI=1S/C17H17N3O4S/c1-3-6-24-15-5-4-11(25(2,22)23)7-12(15)13-9-19-17(21)14-8-18-10-20-16(13)14/h4-5,7-10H,3,6H2,1-2H3,(H,18,20). The van der Waals surface area contributed by atoms with Crippen LogP contribution in [-0.2, 0) is 9.84 Å². The van der Waals surface area contributed by atoms with E-state index in [9.17, 15) is 13.2 Å². The van der Waals surface area contributed by atoms with Gasteiger partial charge in [-0.3, -0.25) is 4.79 Å². The number of sulfone groups is 1. The van der Waals surface area contributed by atoms with Gasteiger partial charge in [-0.1, -0.05) is 6.92 Å². The molecule has 0 atom stereocenters. The number of hydrogen-bond donors (Lipinski definition) is 1. The van der Waals surface area contributed by atoms with Gasteiger partial charge in [-0.25, -0.2) is 18.4 Å². The van der Waals surface area contributed by atoms with E-state index in [2.05, 4.69) is 15.0 Å². The third kappa shape index (κ3) is 3.39. The number of aromatic nitrogens is 3. The lowest BCUT2D eigenvalue weighted by Gasteiger charge is -2.15. The van der Waals surface area contributed by atoms with Crippen molar-refractivity contribution in [3.63, 3.8) is 0 Å². The van der Waals surface area contributed by atoms with Crippen LogP contribution in [0.25, 0.3) is 22.4 Å². The van der Waals surface area contributed by atoms with Crippen LogP contribution >= 0.6 is 0 Å². The van der Waals surface area contributed by atoms with Gasteiger partial charge in [0.2, 0.25) is 0 Å². The number of nitrogens with zero attached hydrogens (tertiary/aromatic N) is 2. The van der Waals surface area contributed by atoms with Crippen LogP contribution in [-0.4, -0.2) is 36.2 Å². The molecular weight excluding hydrogens is 342 g/mol. The second kappa shape index (κ2) is 6.64. The molecule has 0 aliphatic carbocycles. The Morgan fingerprint density at radius 1 is 1.16 bits per heavy atom. The molecule has 0 saturated carbocycles. The highest BCUT2D eigenvalue weighted by atomic mass is 32.2. The van der Waals surface area contributed by atoms with E-state index >= 15 is 0 Å². The zero-order valence-corrected chi connectivity index (χ0v) is 14.6. The number of hydrogen-bond acceptors (Lipinski definition) is 6. The van der Waals surface area contributed by atoms with Crippen LogP contribution in [0.1, 0.15) is 13.3 Å². The van der Waals surface area contributed by atoms with Gasteiger partial charge >= 0.3 is 0 Å². The molecule has 0 radical (unpaired) electrons. The lowest BCUT2D eigenvalue weighted by atomic mass is 10.0. The van der Waals surface area contributed by atoms with Gasteiger partial charge in [-0.05, 0) is 24.6 Å². The van der Waals surface area contributed by atoms with Crippen molar-refractivity contribution in [2.75, 3.05) is 12.9 Å². The first kappa shape index (κ1) is 17.1. The predicted octanol–water partition coefficient (Wildman–Crippen LogP) is 2.13. The molecule has 7 nitrogen and oxygen atoms in total. The number of fused-ring (bicyclic) bond motifs is 1. The molecule has 130 valence electrons. The van der Waals surface area contributed by atoms with Crippen LogP contribution in [0, 0.1) is 0 Å². The van der Waals surface area contributed by atoms with E-state index in [4.69, 9.17) is 4.74 Å². The zero-order chi connectivity index (χ0) is 18.0. The molecular formula is C17H17N3O4S. The number of ether oxygens (including phenoxy) is 1. The maximum absolute atomic E-state index is 11.9. The number of pyridine rings is 1. The van der Waals surface area contributed by atoms with Gasteiger partial charge in [0.25, 0.3) is 5.56 Å². The summed E-state index contributed by atoms with van der Waals surface area (Å²) in [6.45, 7) is 2.47. The molecule has 0 spiro atoms. The summed E-state index contributed by atoms with van der Waals surface area (Å²) in [5, 5.41) is 0. The lowest BCUT2D eigenvalue weighted by molar-refractivity contribution is 0.318. The Bertz CT molecular complexity index is 1040. The SMILES string of the molecule is CCCOc1ccc(S(C)(=O)=O)cc1-c1cnc(=O)c2cnc[nH]c1-2. The van der Waals surface area contributed by atoms with E-state index in [1.807, 2.05) is 6.92 Å². The summed E-state index contributed by atoms with van der Waals surface area (Å²) in [6.07, 6.45) is 6.25. The molecule has 1 N–H and O–H groups in total. The van der Waals surface area contributed by atoms with Gasteiger partial charge in [0.15, 0.2) is 9.84 Å². The minimum Gasteiger partial charge on any atom is -0.493 e. The maximum atomic E-state index is 11.9. The summed E-state index contributed by atoms with van der Waals surface area (Å²) in [7, 11) is -3.39. The summed E-state index contributed by atoms with van der Waals surface area (Å²) in [5.41, 5.74) is 1.58. The first-order valence-electron chi connectivity index (χ1n) is 7.70. The fourth-order valence-corrected chi connectivity index (χ4v) is 3.14. The molecule has 2 aliphatic heterocycles. The van der Waals surface area contributed by atoms with Gasteiger partial charge in [0, 0.05) is 29.8 Å². The van der Waals surface area contributed by atoms with Crippen molar-refractivity contribution in [1.29, 1.82) is 0 Å². The Morgan fingerprint density at radius 3 is 2.68 bits per heavy atom. The Balaban J connectivity index is 2.28. The van der Waals surface area contributed by atoms with Crippen LogP contribution in [0.5, 0.6) is 5.75 Å². The minimum absolute atomic E-state index is 0.166. The normalized spacial score (nSPS) is 11.6. The second-order valence-corrected chi connectivity index (χ2v) is 7.61. The highest BCUT2D eigenvalue weighted by Gasteiger charge is 2.19. The van der Waals surface area contributed by atoms with Gasteiger partial charge in [0.1, 0.15) is 5.75 Å². The zero-order valence-electron chi connectivity index (χ0n) is 13.8. The van der Waals surface area contributed by atoms with E-state index in [1.54, 1.807) is 6.07 Å². The highest BCUT2D eigenvalue weighted by Crippen LogP contribution is 2.36. The van der Waals surface area contributed by atoms with Gasteiger partial charge < -0.3 is 9.72 Å². The number of aromatic amines is 1. The van der Waals surface area contributed by atoms with E-state index in [1.165, 1.54) is 30.9 Å². The van der Waals surface area contributed by atoms with E-state index < -0.39 is 15.4 Å². The Kier molecular flexibility index (Phi) is 4.54. The topological polar surface area (TPSA) is 102 Å². The highest BCUT2D eigenvalue weighted by molar-refractivity contribution is 7.90. The van der Waals surface area contributed by atoms with Gasteiger partial charge in [-0.15, -0.1) is 0 Å². The molecule has 8 heteroatoms. The summed E-state index contributed by atoms with van der Waals surface area (Å²) < 4.78 is 29.6. The fraction of sp³-hybridized carbons (Fsp3) is 0.235. The van der Waals surface area contributed by atoms with Crippen LogP contribution in [0.4, 0.5) is 0 Å². The Hall–Kier alpha value is -2.74. The number of benzene rings is 1. The van der Waals surface area contributed by atoms with Crippen LogP contribution in [0.2, 0.25) is 0 Å². The van der Waals surface area contributed by atoms with Gasteiger partial charge in [0.05, 0.1) is 29.1 Å². The van der Waals surface area contributed by atoms with Crippen molar-refractivity contribution in [2.45, 2.75) is 18.2 Å². The summed E-state index contributed by atoms with van der Waals surface area (Å²) >= 11 is 0. The Labute approximate surface area is 145 Å². The second-order valence-electron chi connectivity index (χ2n) is 5.60. The molecule has 2 aliphatic rings. The summed E-state index contributed by atoms with van der Waals surface area (Å²) in [6, 6.07) is 4.67. The average Bonchev–Trinajstić information content (AvgIpc) is 2.60. The number of rotatable bonds is 5. The smallest absolute Gasteiger partial charge is 0.280 e. The van der Waals surface area contributed by atoms with Crippen molar-refractivity contribution < 1.29 is 13.2 Å². The Morgan fingerprint density at radius 2 is 1.96 bits per heavy atom. The lowest BCUT2D eigenvalue weighted by Crippen LogP contribution is -2.12. The molecule has 0 aromatic heterocycles. The summed E-state index contributed by atoms with van der Waals surface area (Å²) in [4.78, 5) is 22.8. The van der Waals surface area contributed by atoms with Crippen molar-refractivity contribution in [3.8, 4) is 28.1 Å². The molecule has 0 unspecified atom stereocenters. The largest absolute Gasteiger partial charge is 0.493 e. The van der Waals surface area contributed by atoms with Crippen LogP contribution in [0.3, 0.4) is 0 Å². The minimum atomic E-state index is -3.39. The average molecular weight is 359 g/mol. The number of nitrogens with one attached hydrogen (secondary N) is 1. The molecule has 25 heavy (non-hydrogen) atoms. The first-order chi connectivity index (χ1) is 11.9. The fourth-order valence-electron chi connectivity index (χ4n) is 2.49. The van der Waals surface area contributed by atoms with Crippen molar-refractivity contribution >= 4 is 9.84 Å². The number of H-pyrrole nitrogens is 1. The third-order valence-electron chi connectivity index (χ3n) is 3.70. The third-order valence-corrected chi connectivity index (χ3v) is 4.81. The molecule has 0 bridgehead atoms. The van der Waals surface area contributed by atoms with Crippen molar-refractivity contribution in [3.05, 3.63) is 47.3 Å². The van der Waals surface area contributed by atoms with Crippen molar-refractivity contribution in [1.82, 2.24) is 15.0 Å². The molecule has 0 saturated heterocycles. The predicted molar refractivity (Wildman–Crippen MR) is 93.6 cm³/mol. The van der Waals surface area contributed by atoms with Crippen molar-refractivity contribution in [2.24, 2.45) is 0 Å². The van der Waals surface area contributed by atoms with E-state index in [-0.39, 0.29) is 4.90 Å². The molecule has 0 fully saturated rings. The molecule has 1 aromatic carbocycles.